The highest BCUT2D eigenvalue weighted by Gasteiger charge is 2.62. The van der Waals surface area contributed by atoms with Gasteiger partial charge in [-0.2, -0.15) is 5.10 Å². The van der Waals surface area contributed by atoms with E-state index in [0.717, 1.165) is 12.8 Å². The number of hydrogen-bond acceptors (Lipinski definition) is 11. The van der Waals surface area contributed by atoms with Crippen molar-refractivity contribution in [2.75, 3.05) is 20.3 Å². The number of nitrogens with zero attached hydrogens (tertiary/aromatic N) is 4. The van der Waals surface area contributed by atoms with Crippen molar-refractivity contribution < 1.29 is 41.8 Å². The zero-order valence-electron chi connectivity index (χ0n) is 31.5. The van der Waals surface area contributed by atoms with Gasteiger partial charge >= 0.3 is 0 Å². The van der Waals surface area contributed by atoms with Gasteiger partial charge in [0.15, 0.2) is 0 Å². The van der Waals surface area contributed by atoms with Crippen LogP contribution in [0, 0.1) is 5.92 Å². The number of carbonyl (C=O) groups excluding carboxylic acids is 4. The SMILES string of the molecule is CCOc1cc(O[C@@H]2C[C@H]3C(=O)N[C@]4(C(=O)NS(=O)(=O)C5CC5)C[C@H]4C=CCCCCC[C@H](NC(=O)c4ccn(C)n4)C(=O)N3C2)c2ccc(OC)c(Br)c2n1. The molecule has 0 bridgehead atoms. The first-order valence-electron chi connectivity index (χ1n) is 19.0. The number of amides is 4. The van der Waals surface area contributed by atoms with Crippen molar-refractivity contribution in [1.29, 1.82) is 0 Å². The fourth-order valence-corrected chi connectivity index (χ4v) is 9.42. The largest absolute Gasteiger partial charge is 0.495 e. The second-order valence-corrected chi connectivity index (χ2v) is 17.5. The maximum Gasteiger partial charge on any atom is 0.272 e. The van der Waals surface area contributed by atoms with Crippen molar-refractivity contribution in [3.63, 3.8) is 0 Å². The second-order valence-electron chi connectivity index (χ2n) is 14.8. The van der Waals surface area contributed by atoms with E-state index >= 15 is 0 Å². The van der Waals surface area contributed by atoms with Crippen LogP contribution >= 0.6 is 15.9 Å². The molecule has 3 N–H and O–H groups in total. The van der Waals surface area contributed by atoms with E-state index in [1.807, 2.05) is 19.1 Å². The summed E-state index contributed by atoms with van der Waals surface area (Å²) < 4.78 is 47.9. The van der Waals surface area contributed by atoms with E-state index in [2.05, 4.69) is 41.4 Å². The summed E-state index contributed by atoms with van der Waals surface area (Å²) in [6.07, 6.45) is 9.04. The van der Waals surface area contributed by atoms with E-state index < -0.39 is 68.5 Å². The van der Waals surface area contributed by atoms with Gasteiger partial charge in [0, 0.05) is 37.0 Å². The third kappa shape index (κ3) is 8.21. The summed E-state index contributed by atoms with van der Waals surface area (Å²) in [7, 11) is -0.676. The van der Waals surface area contributed by atoms with Gasteiger partial charge in [-0.1, -0.05) is 25.0 Å². The highest BCUT2D eigenvalue weighted by Crippen LogP contribution is 2.46. The molecule has 3 aromatic rings. The van der Waals surface area contributed by atoms with E-state index in [4.69, 9.17) is 14.2 Å². The summed E-state index contributed by atoms with van der Waals surface area (Å²) in [6, 6.07) is 4.64. The molecule has 56 heavy (non-hydrogen) atoms. The molecule has 4 aliphatic rings. The zero-order chi connectivity index (χ0) is 39.8. The quantitative estimate of drug-likeness (QED) is 0.253. The van der Waals surface area contributed by atoms with Crippen LogP contribution in [-0.4, -0.2) is 101 Å². The Bertz CT molecular complexity index is 2170. The molecule has 16 nitrogen and oxygen atoms in total. The third-order valence-corrected chi connectivity index (χ3v) is 13.3. The molecule has 0 radical (unpaired) electrons. The van der Waals surface area contributed by atoms with Gasteiger partial charge in [0.2, 0.25) is 27.7 Å². The second kappa shape index (κ2) is 16.0. The number of ether oxygens (including phenoxy) is 3. The molecule has 2 saturated carbocycles. The lowest BCUT2D eigenvalue weighted by molar-refractivity contribution is -0.141. The lowest BCUT2D eigenvalue weighted by atomic mass is 10.0. The highest BCUT2D eigenvalue weighted by molar-refractivity contribution is 9.10. The number of methoxy groups -OCH3 is 1. The molecule has 0 unspecified atom stereocenters. The number of pyridine rings is 1. The Morgan fingerprint density at radius 3 is 2.62 bits per heavy atom. The molecule has 1 saturated heterocycles. The summed E-state index contributed by atoms with van der Waals surface area (Å²) in [4.78, 5) is 62.3. The molecule has 0 spiro atoms. The number of allylic oxidation sites excluding steroid dienone is 1. The number of nitrogens with one attached hydrogen (secondary N) is 3. The average molecular weight is 857 g/mol. The zero-order valence-corrected chi connectivity index (χ0v) is 33.9. The topological polar surface area (TPSA) is 200 Å². The minimum absolute atomic E-state index is 0.0299. The first-order chi connectivity index (χ1) is 26.8. The van der Waals surface area contributed by atoms with Crippen LogP contribution in [0.5, 0.6) is 17.4 Å². The molecule has 4 heterocycles. The van der Waals surface area contributed by atoms with Crippen LogP contribution in [0.25, 0.3) is 10.9 Å². The summed E-state index contributed by atoms with van der Waals surface area (Å²) in [5.74, 6) is -1.64. The molecule has 7 rings (SSSR count). The minimum Gasteiger partial charge on any atom is -0.495 e. The maximum atomic E-state index is 14.7. The van der Waals surface area contributed by atoms with Crippen LogP contribution in [0.1, 0.15) is 75.2 Å². The highest BCUT2D eigenvalue weighted by atomic mass is 79.9. The normalized spacial score (nSPS) is 25.6. The maximum absolute atomic E-state index is 14.7. The van der Waals surface area contributed by atoms with Gasteiger partial charge < -0.3 is 29.7 Å². The van der Waals surface area contributed by atoms with E-state index in [1.165, 1.54) is 9.58 Å². The van der Waals surface area contributed by atoms with Gasteiger partial charge in [0.25, 0.3) is 11.8 Å². The fraction of sp³-hybridized carbons (Fsp3) is 0.526. The Hall–Kier alpha value is -4.71. The number of aryl methyl sites for hydroxylation is 1. The van der Waals surface area contributed by atoms with Crippen molar-refractivity contribution in [1.82, 2.24) is 35.0 Å². The number of benzene rings is 1. The van der Waals surface area contributed by atoms with Crippen molar-refractivity contribution in [2.24, 2.45) is 13.0 Å². The van der Waals surface area contributed by atoms with Gasteiger partial charge in [-0.05, 0) is 79.6 Å². The molecule has 4 amide bonds. The molecule has 2 aliphatic carbocycles. The van der Waals surface area contributed by atoms with E-state index in [0.29, 0.717) is 71.5 Å². The third-order valence-electron chi connectivity index (χ3n) is 10.7. The smallest absolute Gasteiger partial charge is 0.272 e. The summed E-state index contributed by atoms with van der Waals surface area (Å²) in [6.45, 7) is 2.14. The molecule has 1 aromatic carbocycles. The van der Waals surface area contributed by atoms with Gasteiger partial charge in [0.1, 0.15) is 40.9 Å². The van der Waals surface area contributed by atoms with Gasteiger partial charge in [-0.3, -0.25) is 28.6 Å². The number of fused-ring (bicyclic) bond motifs is 3. The predicted octanol–water partition coefficient (Wildman–Crippen LogP) is 3.29. The number of aromatic nitrogens is 3. The van der Waals surface area contributed by atoms with Crippen LogP contribution in [-0.2, 0) is 31.5 Å². The van der Waals surface area contributed by atoms with E-state index in [-0.39, 0.29) is 25.1 Å². The van der Waals surface area contributed by atoms with Crippen LogP contribution in [0.4, 0.5) is 0 Å². The Morgan fingerprint density at radius 1 is 1.11 bits per heavy atom. The molecule has 18 heteroatoms. The monoisotopic (exact) mass is 855 g/mol. The lowest BCUT2D eigenvalue weighted by Gasteiger charge is -2.29. The van der Waals surface area contributed by atoms with Gasteiger partial charge in [-0.25, -0.2) is 13.4 Å². The molecule has 300 valence electrons. The number of hydrogen-bond donors (Lipinski definition) is 3. The minimum atomic E-state index is -3.91. The molecule has 5 atom stereocenters. The van der Waals surface area contributed by atoms with Gasteiger partial charge in [-0.15, -0.1) is 0 Å². The van der Waals surface area contributed by atoms with Crippen molar-refractivity contribution in [3.8, 4) is 17.4 Å². The standard InChI is InChI=1S/C38H46BrN7O9S/c1-4-54-31-19-30(25-14-15-29(53-3)32(39)33(25)41-31)55-23-18-28-35(48)42-38(37(50)44-56(51,52)24-12-13-24)20-22(38)10-8-6-5-7-9-11-27(36(49)46(28)21-23)40-34(47)26-16-17-45(2)43-26/h8,10,14-17,19,22-24,27-28H,4-7,9,11-13,18,20-21H2,1-3H3,(H,40,47)(H,42,48)(H,44,50)/t22-,23-,27+,28+,38-/m1/s1. The summed E-state index contributed by atoms with van der Waals surface area (Å²) in [5.41, 5.74) is -0.856. The summed E-state index contributed by atoms with van der Waals surface area (Å²) >= 11 is 3.58. The van der Waals surface area contributed by atoms with Crippen LogP contribution in [0.3, 0.4) is 0 Å². The number of carbonyl (C=O) groups is 4. The van der Waals surface area contributed by atoms with E-state index in [9.17, 15) is 27.6 Å². The number of rotatable bonds is 10. The first kappa shape index (κ1) is 39.5. The predicted molar refractivity (Wildman–Crippen MR) is 207 cm³/mol. The van der Waals surface area contributed by atoms with E-state index in [1.54, 1.807) is 44.6 Å². The Labute approximate surface area is 333 Å². The fourth-order valence-electron chi connectivity index (χ4n) is 7.46. The first-order valence-corrected chi connectivity index (χ1v) is 21.3. The average Bonchev–Trinajstić information content (AvgIpc) is 4.05. The van der Waals surface area contributed by atoms with Crippen molar-refractivity contribution >= 4 is 60.5 Å². The molecular formula is C38H46BrN7O9S. The number of halogens is 1. The van der Waals surface area contributed by atoms with Crippen LogP contribution in [0.15, 0.2) is 47.1 Å². The van der Waals surface area contributed by atoms with Gasteiger partial charge in [0.05, 0.1) is 35.5 Å². The molecular weight excluding hydrogens is 810 g/mol. The van der Waals surface area contributed by atoms with Crippen molar-refractivity contribution in [3.05, 3.63) is 52.8 Å². The molecule has 2 aromatic heterocycles. The molecule has 3 fully saturated rings. The number of sulfonamides is 1. The Kier molecular flexibility index (Phi) is 11.3. The Balaban J connectivity index is 1.22. The Morgan fingerprint density at radius 2 is 1.91 bits per heavy atom. The summed E-state index contributed by atoms with van der Waals surface area (Å²) in [5, 5.41) is 9.94. The van der Waals surface area contributed by atoms with Crippen LogP contribution in [0.2, 0.25) is 0 Å². The molecule has 2 aliphatic heterocycles. The van der Waals surface area contributed by atoms with Crippen molar-refractivity contribution in [2.45, 2.75) is 93.7 Å². The lowest BCUT2D eigenvalue weighted by Crippen LogP contribution is -2.58. The van der Waals surface area contributed by atoms with Crippen LogP contribution < -0.4 is 29.6 Å².